The Labute approximate surface area is 218 Å². The Kier molecular flexibility index (Phi) is 8.30. The van der Waals surface area contributed by atoms with Crippen LogP contribution in [0.5, 0.6) is 0 Å². The molecule has 0 N–H and O–H groups in total. The van der Waals surface area contributed by atoms with E-state index in [4.69, 9.17) is 4.74 Å². The lowest BCUT2D eigenvalue weighted by Crippen LogP contribution is -2.47. The van der Waals surface area contributed by atoms with E-state index < -0.39 is 10.0 Å². The van der Waals surface area contributed by atoms with Crippen molar-refractivity contribution in [1.82, 2.24) is 9.21 Å². The average Bonchev–Trinajstić information content (AvgIpc) is 3.31. The van der Waals surface area contributed by atoms with Gasteiger partial charge < -0.3 is 9.64 Å². The van der Waals surface area contributed by atoms with Crippen molar-refractivity contribution in [3.63, 3.8) is 0 Å². The topological polar surface area (TPSA) is 66.9 Å². The third-order valence-electron chi connectivity index (χ3n) is 6.67. The summed E-state index contributed by atoms with van der Waals surface area (Å²) in [6.07, 6.45) is 1.28. The molecule has 36 heavy (non-hydrogen) atoms. The molecule has 1 unspecified atom stereocenters. The van der Waals surface area contributed by atoms with Gasteiger partial charge in [-0.15, -0.1) is 11.3 Å². The number of thiophene rings is 1. The van der Waals surface area contributed by atoms with Gasteiger partial charge in [0, 0.05) is 31.7 Å². The summed E-state index contributed by atoms with van der Waals surface area (Å²) in [5, 5.41) is 2.07. The maximum atomic E-state index is 13.9. The molecule has 0 aliphatic carbocycles. The summed E-state index contributed by atoms with van der Waals surface area (Å²) in [7, 11) is -2.30. The lowest BCUT2D eigenvalue weighted by molar-refractivity contribution is -0.133. The van der Waals surface area contributed by atoms with Crippen LogP contribution in [-0.4, -0.2) is 56.9 Å². The first-order valence-electron chi connectivity index (χ1n) is 12.2. The van der Waals surface area contributed by atoms with Crippen molar-refractivity contribution >= 4 is 27.3 Å². The fraction of sp³-hybridized carbons (Fsp3) is 0.393. The van der Waals surface area contributed by atoms with E-state index in [-0.39, 0.29) is 29.9 Å². The predicted molar refractivity (Wildman–Crippen MR) is 144 cm³/mol. The van der Waals surface area contributed by atoms with Crippen molar-refractivity contribution in [2.45, 2.75) is 44.6 Å². The van der Waals surface area contributed by atoms with Crippen molar-refractivity contribution in [3.8, 4) is 0 Å². The van der Waals surface area contributed by atoms with Gasteiger partial charge in [-0.3, -0.25) is 4.79 Å². The van der Waals surface area contributed by atoms with E-state index in [1.807, 2.05) is 68.1 Å². The molecule has 0 radical (unpaired) electrons. The largest absolute Gasteiger partial charge is 0.385 e. The molecule has 0 fully saturated rings. The molecule has 1 aromatic heterocycles. The van der Waals surface area contributed by atoms with Gasteiger partial charge in [0.15, 0.2) is 0 Å². The number of nitrogens with zero attached hydrogens (tertiary/aromatic N) is 2. The summed E-state index contributed by atoms with van der Waals surface area (Å²) >= 11 is 1.71. The van der Waals surface area contributed by atoms with E-state index in [0.29, 0.717) is 30.7 Å². The number of hydrogen-bond donors (Lipinski definition) is 0. The highest BCUT2D eigenvalue weighted by Gasteiger charge is 2.36. The highest BCUT2D eigenvalue weighted by atomic mass is 32.2. The van der Waals surface area contributed by atoms with Crippen LogP contribution in [0.2, 0.25) is 0 Å². The fourth-order valence-electron chi connectivity index (χ4n) is 5.19. The zero-order chi connectivity index (χ0) is 25.9. The third-order valence-corrected chi connectivity index (χ3v) is 9.82. The van der Waals surface area contributed by atoms with Gasteiger partial charge in [0.25, 0.3) is 0 Å². The second kappa shape index (κ2) is 11.3. The molecule has 0 saturated carbocycles. The molecule has 6 nitrogen and oxygen atoms in total. The van der Waals surface area contributed by atoms with E-state index in [1.54, 1.807) is 18.4 Å². The van der Waals surface area contributed by atoms with E-state index in [1.165, 1.54) is 9.18 Å². The summed E-state index contributed by atoms with van der Waals surface area (Å²) in [5.41, 5.74) is 4.56. The van der Waals surface area contributed by atoms with Crippen molar-refractivity contribution in [2.24, 2.45) is 0 Å². The number of aryl methyl sites for hydroxylation is 3. The lowest BCUT2D eigenvalue weighted by atomic mass is 9.93. The number of carbonyl (C=O) groups is 1. The zero-order valence-electron chi connectivity index (χ0n) is 21.4. The molecule has 2 aromatic carbocycles. The average molecular weight is 527 g/mol. The van der Waals surface area contributed by atoms with Crippen molar-refractivity contribution in [1.29, 1.82) is 0 Å². The van der Waals surface area contributed by atoms with Crippen molar-refractivity contribution in [3.05, 3.63) is 86.6 Å². The molecule has 192 valence electrons. The number of methoxy groups -OCH3 is 1. The highest BCUT2D eigenvalue weighted by Crippen LogP contribution is 2.38. The molecule has 4 rings (SSSR count). The second-order valence-corrected chi connectivity index (χ2v) is 12.2. The minimum Gasteiger partial charge on any atom is -0.385 e. The molecule has 1 atom stereocenters. The summed E-state index contributed by atoms with van der Waals surface area (Å²) in [6, 6.07) is 15.6. The standard InChI is InChI=1S/C28H34N2O4S2/c1-20-17-21(2)28(22(3)18-20)36(32,33)29(13-8-15-34-4)19-26(31)30-14-11-25-24(12-16-35-25)27(30)23-9-6-5-7-10-23/h5-7,9-10,12,16-18,27H,8,11,13-15,19H2,1-4H3. The van der Waals surface area contributed by atoms with Gasteiger partial charge in [-0.2, -0.15) is 4.31 Å². The maximum Gasteiger partial charge on any atom is 0.244 e. The molecular weight excluding hydrogens is 492 g/mol. The molecule has 1 amide bonds. The Bertz CT molecular complexity index is 1300. The fourth-order valence-corrected chi connectivity index (χ4v) is 7.94. The lowest BCUT2D eigenvalue weighted by Gasteiger charge is -2.37. The van der Waals surface area contributed by atoms with Crippen LogP contribution in [0, 0.1) is 20.8 Å². The first kappa shape index (κ1) is 26.5. The summed E-state index contributed by atoms with van der Waals surface area (Å²) < 4.78 is 34.4. The first-order chi connectivity index (χ1) is 17.2. The van der Waals surface area contributed by atoms with Crippen LogP contribution in [-0.2, 0) is 26.0 Å². The van der Waals surface area contributed by atoms with Crippen molar-refractivity contribution in [2.75, 3.05) is 33.4 Å². The molecule has 0 spiro atoms. The number of fused-ring (bicyclic) bond motifs is 1. The molecule has 2 heterocycles. The Hall–Kier alpha value is -2.52. The monoisotopic (exact) mass is 526 g/mol. The van der Waals surface area contributed by atoms with Gasteiger partial charge in [-0.05, 0) is 67.3 Å². The van der Waals surface area contributed by atoms with Crippen LogP contribution in [0.3, 0.4) is 0 Å². The van der Waals surface area contributed by atoms with Gasteiger partial charge in [0.2, 0.25) is 15.9 Å². The quantitative estimate of drug-likeness (QED) is 0.373. The van der Waals surface area contributed by atoms with E-state index in [9.17, 15) is 13.2 Å². The molecule has 3 aromatic rings. The minimum atomic E-state index is -3.89. The Morgan fingerprint density at radius 2 is 1.81 bits per heavy atom. The smallest absolute Gasteiger partial charge is 0.244 e. The summed E-state index contributed by atoms with van der Waals surface area (Å²) in [6.45, 7) is 6.56. The van der Waals surface area contributed by atoms with Gasteiger partial charge in [0.05, 0.1) is 17.5 Å². The number of rotatable bonds is 9. The van der Waals surface area contributed by atoms with Crippen LogP contribution >= 0.6 is 11.3 Å². The van der Waals surface area contributed by atoms with Gasteiger partial charge in [0.1, 0.15) is 0 Å². The normalized spacial score (nSPS) is 15.8. The van der Waals surface area contributed by atoms with Crippen LogP contribution in [0.4, 0.5) is 0 Å². The third kappa shape index (κ3) is 5.42. The number of carbonyl (C=O) groups excluding carboxylic acids is 1. The minimum absolute atomic E-state index is 0.191. The molecule has 0 bridgehead atoms. The van der Waals surface area contributed by atoms with Crippen molar-refractivity contribution < 1.29 is 17.9 Å². The Morgan fingerprint density at radius 1 is 1.11 bits per heavy atom. The summed E-state index contributed by atoms with van der Waals surface area (Å²) in [5.74, 6) is -0.191. The number of benzene rings is 2. The first-order valence-corrected chi connectivity index (χ1v) is 14.5. The Morgan fingerprint density at radius 3 is 2.47 bits per heavy atom. The van der Waals surface area contributed by atoms with Gasteiger partial charge >= 0.3 is 0 Å². The zero-order valence-corrected chi connectivity index (χ0v) is 23.0. The highest BCUT2D eigenvalue weighted by molar-refractivity contribution is 7.89. The van der Waals surface area contributed by atoms with E-state index in [0.717, 1.165) is 23.1 Å². The second-order valence-electron chi connectivity index (χ2n) is 9.36. The molecule has 8 heteroatoms. The van der Waals surface area contributed by atoms with Gasteiger partial charge in [-0.1, -0.05) is 48.0 Å². The van der Waals surface area contributed by atoms with Crippen LogP contribution < -0.4 is 0 Å². The van der Waals surface area contributed by atoms with Crippen LogP contribution in [0.25, 0.3) is 0 Å². The molecular formula is C28H34N2O4S2. The maximum absolute atomic E-state index is 13.9. The SMILES string of the molecule is COCCCN(CC(=O)N1CCc2sccc2C1c1ccccc1)S(=O)(=O)c1c(C)cc(C)cc1C. The number of amides is 1. The van der Waals surface area contributed by atoms with Gasteiger partial charge in [-0.25, -0.2) is 8.42 Å². The van der Waals surface area contributed by atoms with Crippen LogP contribution in [0.1, 0.15) is 45.2 Å². The number of ether oxygens (including phenoxy) is 1. The summed E-state index contributed by atoms with van der Waals surface area (Å²) in [4.78, 5) is 17.3. The molecule has 1 aliphatic heterocycles. The number of sulfonamides is 1. The van der Waals surface area contributed by atoms with Crippen LogP contribution in [0.15, 0.2) is 58.8 Å². The Balaban J connectivity index is 1.68. The van der Waals surface area contributed by atoms with E-state index in [2.05, 4.69) is 11.4 Å². The molecule has 0 saturated heterocycles. The number of hydrogen-bond acceptors (Lipinski definition) is 5. The van der Waals surface area contributed by atoms with E-state index >= 15 is 0 Å². The molecule has 1 aliphatic rings. The predicted octanol–water partition coefficient (Wildman–Crippen LogP) is 4.87.